The van der Waals surface area contributed by atoms with Gasteiger partial charge in [-0.3, -0.25) is 9.59 Å². The molecule has 128 valence electrons. The first kappa shape index (κ1) is 17.0. The van der Waals surface area contributed by atoms with Crippen LogP contribution in [0.5, 0.6) is 0 Å². The average Bonchev–Trinajstić information content (AvgIpc) is 2.82. The van der Waals surface area contributed by atoms with Crippen molar-refractivity contribution in [1.29, 1.82) is 0 Å². The van der Waals surface area contributed by atoms with Crippen LogP contribution in [-0.2, 0) is 15.8 Å². The molecule has 0 unspecified atom stereocenters. The second kappa shape index (κ2) is 6.20. The van der Waals surface area contributed by atoms with Crippen molar-refractivity contribution in [2.45, 2.75) is 19.5 Å². The fourth-order valence-electron chi connectivity index (χ4n) is 2.71. The van der Waals surface area contributed by atoms with E-state index >= 15 is 0 Å². The molecule has 1 fully saturated rings. The third-order valence-corrected chi connectivity index (χ3v) is 3.96. The van der Waals surface area contributed by atoms with E-state index in [0.29, 0.717) is 5.69 Å². The van der Waals surface area contributed by atoms with Crippen LogP contribution in [0.4, 0.5) is 18.9 Å². The first-order valence-electron chi connectivity index (χ1n) is 7.58. The van der Waals surface area contributed by atoms with Crippen molar-refractivity contribution in [1.82, 2.24) is 0 Å². The molecule has 0 aromatic heterocycles. The summed E-state index contributed by atoms with van der Waals surface area (Å²) in [6.07, 6.45) is -3.61. The predicted octanol–water partition coefficient (Wildman–Crippen LogP) is 4.36. The molecule has 1 aliphatic heterocycles. The molecular formula is C19H14F3NO2. The molecule has 0 aliphatic carbocycles. The molecule has 1 saturated heterocycles. The van der Waals surface area contributed by atoms with Gasteiger partial charge in [-0.2, -0.15) is 13.2 Å². The van der Waals surface area contributed by atoms with Crippen LogP contribution >= 0.6 is 0 Å². The standard InChI is InChI=1S/C19H14F3NO2/c1-12-6-8-15(9-7-12)23-17(24)11-14(18(23)25)10-13-4-2-3-5-16(13)19(20,21)22/h2-10H,11H2,1H3/b14-10+. The van der Waals surface area contributed by atoms with Crippen molar-refractivity contribution in [2.75, 3.05) is 4.90 Å². The number of imide groups is 1. The van der Waals surface area contributed by atoms with Crippen LogP contribution in [0, 0.1) is 6.92 Å². The Kier molecular flexibility index (Phi) is 4.20. The first-order chi connectivity index (χ1) is 11.8. The molecule has 25 heavy (non-hydrogen) atoms. The van der Waals surface area contributed by atoms with Gasteiger partial charge in [-0.15, -0.1) is 0 Å². The Morgan fingerprint density at radius 1 is 1.00 bits per heavy atom. The van der Waals surface area contributed by atoms with Gasteiger partial charge in [0.1, 0.15) is 0 Å². The lowest BCUT2D eigenvalue weighted by atomic mass is 10.0. The van der Waals surface area contributed by atoms with E-state index in [-0.39, 0.29) is 17.6 Å². The van der Waals surface area contributed by atoms with Gasteiger partial charge in [-0.05, 0) is 36.8 Å². The summed E-state index contributed by atoms with van der Waals surface area (Å²) in [4.78, 5) is 25.7. The quantitative estimate of drug-likeness (QED) is 0.599. The fraction of sp³-hybridized carbons (Fsp3) is 0.158. The van der Waals surface area contributed by atoms with Gasteiger partial charge < -0.3 is 0 Å². The number of rotatable bonds is 2. The number of nitrogens with zero attached hydrogens (tertiary/aromatic N) is 1. The molecule has 0 N–H and O–H groups in total. The topological polar surface area (TPSA) is 37.4 Å². The molecule has 1 heterocycles. The number of carbonyl (C=O) groups is 2. The summed E-state index contributed by atoms with van der Waals surface area (Å²) < 4.78 is 39.3. The molecule has 0 atom stereocenters. The number of anilines is 1. The molecule has 2 aromatic carbocycles. The summed E-state index contributed by atoms with van der Waals surface area (Å²) in [5.74, 6) is -1.05. The van der Waals surface area contributed by atoms with Crippen LogP contribution in [0.15, 0.2) is 54.1 Å². The zero-order valence-corrected chi connectivity index (χ0v) is 13.3. The van der Waals surface area contributed by atoms with Crippen LogP contribution in [0.25, 0.3) is 6.08 Å². The first-order valence-corrected chi connectivity index (χ1v) is 7.58. The minimum atomic E-state index is -4.53. The van der Waals surface area contributed by atoms with E-state index < -0.39 is 23.6 Å². The summed E-state index contributed by atoms with van der Waals surface area (Å²) in [5.41, 5.74) is 0.460. The van der Waals surface area contributed by atoms with Gasteiger partial charge in [-0.1, -0.05) is 35.9 Å². The van der Waals surface area contributed by atoms with E-state index in [0.717, 1.165) is 22.6 Å². The van der Waals surface area contributed by atoms with E-state index in [1.807, 2.05) is 6.92 Å². The van der Waals surface area contributed by atoms with Crippen molar-refractivity contribution >= 4 is 23.6 Å². The summed E-state index contributed by atoms with van der Waals surface area (Å²) in [6.45, 7) is 1.87. The molecule has 1 aliphatic rings. The molecule has 0 spiro atoms. The van der Waals surface area contributed by atoms with Crippen molar-refractivity contribution in [3.05, 3.63) is 70.8 Å². The largest absolute Gasteiger partial charge is 0.416 e. The third kappa shape index (κ3) is 3.33. The fourth-order valence-corrected chi connectivity index (χ4v) is 2.71. The van der Waals surface area contributed by atoms with Crippen molar-refractivity contribution < 1.29 is 22.8 Å². The van der Waals surface area contributed by atoms with Gasteiger partial charge in [0, 0.05) is 5.57 Å². The molecule has 3 nitrogen and oxygen atoms in total. The number of hydrogen-bond donors (Lipinski definition) is 0. The Labute approximate surface area is 142 Å². The second-order valence-corrected chi connectivity index (χ2v) is 5.80. The SMILES string of the molecule is Cc1ccc(N2C(=O)C/C(=C\c3ccccc3C(F)(F)F)C2=O)cc1. The lowest BCUT2D eigenvalue weighted by molar-refractivity contribution is -0.137. The maximum absolute atomic E-state index is 13.1. The number of alkyl halides is 3. The molecular weight excluding hydrogens is 331 g/mol. The van der Waals surface area contributed by atoms with E-state index in [2.05, 4.69) is 0 Å². The lowest BCUT2D eigenvalue weighted by Crippen LogP contribution is -2.28. The Balaban J connectivity index is 1.98. The van der Waals surface area contributed by atoms with Crippen molar-refractivity contribution in [3.8, 4) is 0 Å². The molecule has 2 aromatic rings. The Morgan fingerprint density at radius 3 is 2.28 bits per heavy atom. The van der Waals surface area contributed by atoms with Crippen molar-refractivity contribution in [3.63, 3.8) is 0 Å². The smallest absolute Gasteiger partial charge is 0.274 e. The zero-order valence-electron chi connectivity index (χ0n) is 13.3. The molecule has 0 bridgehead atoms. The van der Waals surface area contributed by atoms with Crippen LogP contribution in [0.1, 0.15) is 23.1 Å². The van der Waals surface area contributed by atoms with Crippen LogP contribution in [0.2, 0.25) is 0 Å². The highest BCUT2D eigenvalue weighted by molar-refractivity contribution is 6.29. The molecule has 0 saturated carbocycles. The number of amides is 2. The normalized spacial score (nSPS) is 16.8. The predicted molar refractivity (Wildman–Crippen MR) is 87.7 cm³/mol. The highest BCUT2D eigenvalue weighted by atomic mass is 19.4. The van der Waals surface area contributed by atoms with Crippen molar-refractivity contribution in [2.24, 2.45) is 0 Å². The Hall–Kier alpha value is -2.89. The average molecular weight is 345 g/mol. The summed E-state index contributed by atoms with van der Waals surface area (Å²) in [5, 5.41) is 0. The third-order valence-electron chi connectivity index (χ3n) is 3.96. The van der Waals surface area contributed by atoms with E-state index in [9.17, 15) is 22.8 Å². The summed E-state index contributed by atoms with van der Waals surface area (Å²) in [6, 6.07) is 11.8. The van der Waals surface area contributed by atoms with Crippen LogP contribution in [-0.4, -0.2) is 11.8 Å². The molecule has 3 rings (SSSR count). The van der Waals surface area contributed by atoms with Gasteiger partial charge in [0.2, 0.25) is 5.91 Å². The van der Waals surface area contributed by atoms with E-state index in [4.69, 9.17) is 0 Å². The number of hydrogen-bond acceptors (Lipinski definition) is 2. The Morgan fingerprint density at radius 2 is 1.64 bits per heavy atom. The number of carbonyl (C=O) groups excluding carboxylic acids is 2. The van der Waals surface area contributed by atoms with Gasteiger partial charge >= 0.3 is 6.18 Å². The maximum atomic E-state index is 13.1. The zero-order chi connectivity index (χ0) is 18.2. The summed E-state index contributed by atoms with van der Waals surface area (Å²) >= 11 is 0. The second-order valence-electron chi connectivity index (χ2n) is 5.80. The van der Waals surface area contributed by atoms with Gasteiger partial charge in [0.15, 0.2) is 0 Å². The van der Waals surface area contributed by atoms with Gasteiger partial charge in [0.05, 0.1) is 17.7 Å². The van der Waals surface area contributed by atoms with Gasteiger partial charge in [-0.25, -0.2) is 4.90 Å². The van der Waals surface area contributed by atoms with E-state index in [1.54, 1.807) is 24.3 Å². The number of halogens is 3. The monoisotopic (exact) mass is 345 g/mol. The van der Waals surface area contributed by atoms with E-state index in [1.165, 1.54) is 18.2 Å². The highest BCUT2D eigenvalue weighted by Crippen LogP contribution is 2.34. The molecule has 2 amide bonds. The van der Waals surface area contributed by atoms with Gasteiger partial charge in [0.25, 0.3) is 5.91 Å². The number of benzene rings is 2. The molecule has 6 heteroatoms. The van der Waals surface area contributed by atoms with Crippen LogP contribution < -0.4 is 4.90 Å². The Bertz CT molecular complexity index is 867. The molecule has 0 radical (unpaired) electrons. The minimum Gasteiger partial charge on any atom is -0.274 e. The maximum Gasteiger partial charge on any atom is 0.416 e. The number of aryl methyl sites for hydroxylation is 1. The summed E-state index contributed by atoms with van der Waals surface area (Å²) in [7, 11) is 0. The minimum absolute atomic E-state index is 0.0438. The van der Waals surface area contributed by atoms with Crippen LogP contribution in [0.3, 0.4) is 0 Å². The lowest BCUT2D eigenvalue weighted by Gasteiger charge is -2.13. The highest BCUT2D eigenvalue weighted by Gasteiger charge is 2.36.